The molecule has 2 unspecified atom stereocenters. The molecular weight excluding hydrogens is 344 g/mol. The molecule has 0 aliphatic carbocycles. The van der Waals surface area contributed by atoms with Crippen molar-refractivity contribution in [3.8, 4) is 0 Å². The van der Waals surface area contributed by atoms with Crippen LogP contribution in [-0.2, 0) is 10.0 Å². The molecule has 2 aromatic carbocycles. The van der Waals surface area contributed by atoms with Gasteiger partial charge in [-0.05, 0) is 43.5 Å². The number of rotatable bonds is 6. The molecule has 5 heteroatoms. The summed E-state index contributed by atoms with van der Waals surface area (Å²) in [6.45, 7) is 8.23. The number of hydrogen-bond acceptors (Lipinski definition) is 3. The molecule has 140 valence electrons. The Kier molecular flexibility index (Phi) is 5.80. The highest BCUT2D eigenvalue weighted by Crippen LogP contribution is 2.29. The molecule has 0 N–H and O–H groups in total. The van der Waals surface area contributed by atoms with E-state index in [1.165, 1.54) is 5.56 Å². The quantitative estimate of drug-likeness (QED) is 0.773. The highest BCUT2D eigenvalue weighted by Gasteiger charge is 2.36. The number of hydrogen-bond donors (Lipinski definition) is 0. The number of likely N-dealkylation sites (tertiary alicyclic amines) is 1. The summed E-state index contributed by atoms with van der Waals surface area (Å²) in [4.78, 5) is 2.78. The first-order valence-corrected chi connectivity index (χ1v) is 10.7. The Morgan fingerprint density at radius 3 is 2.54 bits per heavy atom. The van der Waals surface area contributed by atoms with Gasteiger partial charge in [0, 0.05) is 31.7 Å². The van der Waals surface area contributed by atoms with Crippen LogP contribution in [0.25, 0.3) is 0 Å². The molecule has 4 nitrogen and oxygen atoms in total. The average Bonchev–Trinajstić information content (AvgIpc) is 3.12. The van der Waals surface area contributed by atoms with E-state index in [4.69, 9.17) is 0 Å². The van der Waals surface area contributed by atoms with Gasteiger partial charge in [0.15, 0.2) is 0 Å². The molecule has 1 aliphatic heterocycles. The minimum absolute atomic E-state index is 0.0247. The van der Waals surface area contributed by atoms with Crippen LogP contribution in [0.3, 0.4) is 0 Å². The van der Waals surface area contributed by atoms with Crippen LogP contribution < -0.4 is 0 Å². The summed E-state index contributed by atoms with van der Waals surface area (Å²) in [5, 5.41) is 0. The first-order chi connectivity index (χ1) is 12.4. The smallest absolute Gasteiger partial charge is 0.243 e. The zero-order valence-corrected chi connectivity index (χ0v) is 16.6. The number of benzene rings is 2. The third-order valence-electron chi connectivity index (χ3n) is 5.34. The van der Waals surface area contributed by atoms with E-state index in [2.05, 4.69) is 36.1 Å². The van der Waals surface area contributed by atoms with E-state index in [0.717, 1.165) is 25.1 Å². The largest absolute Gasteiger partial charge is 0.295 e. The summed E-state index contributed by atoms with van der Waals surface area (Å²) >= 11 is 0. The Hall–Kier alpha value is -1.69. The monoisotopic (exact) mass is 372 g/mol. The summed E-state index contributed by atoms with van der Waals surface area (Å²) < 4.78 is 28.0. The van der Waals surface area contributed by atoms with E-state index in [1.54, 1.807) is 16.4 Å². The van der Waals surface area contributed by atoms with Gasteiger partial charge in [0.25, 0.3) is 0 Å². The molecule has 0 saturated carbocycles. The van der Waals surface area contributed by atoms with Crippen LogP contribution in [-0.4, -0.2) is 43.3 Å². The van der Waals surface area contributed by atoms with Crippen molar-refractivity contribution in [1.82, 2.24) is 9.21 Å². The van der Waals surface area contributed by atoms with Crippen LogP contribution in [0.5, 0.6) is 0 Å². The lowest BCUT2D eigenvalue weighted by molar-refractivity contribution is 0.239. The first kappa shape index (κ1) is 19.1. The second kappa shape index (κ2) is 7.91. The van der Waals surface area contributed by atoms with Crippen LogP contribution in [0.1, 0.15) is 37.4 Å². The number of sulfonamides is 1. The van der Waals surface area contributed by atoms with Crippen LogP contribution in [0.2, 0.25) is 0 Å². The predicted octanol–water partition coefficient (Wildman–Crippen LogP) is 3.84. The van der Waals surface area contributed by atoms with Gasteiger partial charge in [-0.3, -0.25) is 4.90 Å². The minimum atomic E-state index is -3.46. The van der Waals surface area contributed by atoms with Crippen molar-refractivity contribution in [2.45, 2.75) is 44.2 Å². The molecule has 26 heavy (non-hydrogen) atoms. The lowest BCUT2D eigenvalue weighted by atomic mass is 10.1. The summed E-state index contributed by atoms with van der Waals surface area (Å²) in [6.07, 6.45) is 0.871. The highest BCUT2D eigenvalue weighted by atomic mass is 32.2. The Balaban J connectivity index is 1.77. The Bertz CT molecular complexity index is 836. The van der Waals surface area contributed by atoms with Crippen molar-refractivity contribution >= 4 is 10.0 Å². The SMILES string of the molecule is CCN(C1CCN(C(C)c2ccccc2)C1)S(=O)(=O)c1cccc(C)c1. The lowest BCUT2D eigenvalue weighted by Crippen LogP contribution is -2.42. The Morgan fingerprint density at radius 1 is 1.15 bits per heavy atom. The fourth-order valence-corrected chi connectivity index (χ4v) is 5.59. The van der Waals surface area contributed by atoms with Crippen molar-refractivity contribution in [2.75, 3.05) is 19.6 Å². The second-order valence-corrected chi connectivity index (χ2v) is 8.94. The first-order valence-electron chi connectivity index (χ1n) is 9.31. The van der Waals surface area contributed by atoms with E-state index in [1.807, 2.05) is 32.0 Å². The van der Waals surface area contributed by atoms with Gasteiger partial charge in [-0.1, -0.05) is 49.4 Å². The van der Waals surface area contributed by atoms with Gasteiger partial charge in [0.1, 0.15) is 0 Å². The standard InChI is InChI=1S/C21H28N2O2S/c1-4-23(26(24,25)21-12-8-9-17(2)15-21)20-13-14-22(16-20)18(3)19-10-6-5-7-11-19/h5-12,15,18,20H,4,13-14,16H2,1-3H3. The summed E-state index contributed by atoms with van der Waals surface area (Å²) in [7, 11) is -3.46. The van der Waals surface area contributed by atoms with Gasteiger partial charge in [0.2, 0.25) is 10.0 Å². The van der Waals surface area contributed by atoms with Gasteiger partial charge in [-0.15, -0.1) is 0 Å². The van der Waals surface area contributed by atoms with Gasteiger partial charge >= 0.3 is 0 Å². The molecule has 0 aromatic heterocycles. The van der Waals surface area contributed by atoms with Crippen molar-refractivity contribution in [1.29, 1.82) is 0 Å². The molecule has 2 aromatic rings. The maximum Gasteiger partial charge on any atom is 0.243 e. The third kappa shape index (κ3) is 3.85. The fourth-order valence-electron chi connectivity index (χ4n) is 3.83. The number of likely N-dealkylation sites (N-methyl/N-ethyl adjacent to an activating group) is 1. The molecule has 1 aliphatic rings. The van der Waals surface area contributed by atoms with Crippen molar-refractivity contribution < 1.29 is 8.42 Å². The Labute approximate surface area is 157 Å². The van der Waals surface area contributed by atoms with Crippen LogP contribution in [0.4, 0.5) is 0 Å². The molecule has 2 atom stereocenters. The van der Waals surface area contributed by atoms with E-state index in [-0.39, 0.29) is 6.04 Å². The maximum atomic E-state index is 13.2. The van der Waals surface area contributed by atoms with Crippen molar-refractivity contribution in [3.05, 3.63) is 65.7 Å². The van der Waals surface area contributed by atoms with Gasteiger partial charge in [0.05, 0.1) is 4.90 Å². The summed E-state index contributed by atoms with van der Waals surface area (Å²) in [6, 6.07) is 17.9. The molecule has 0 spiro atoms. The minimum Gasteiger partial charge on any atom is -0.295 e. The van der Waals surface area contributed by atoms with Crippen LogP contribution in [0.15, 0.2) is 59.5 Å². The van der Waals surface area contributed by atoms with Crippen LogP contribution in [0, 0.1) is 6.92 Å². The maximum absolute atomic E-state index is 13.2. The lowest BCUT2D eigenvalue weighted by Gasteiger charge is -2.29. The third-order valence-corrected chi connectivity index (χ3v) is 7.36. The zero-order valence-electron chi connectivity index (χ0n) is 15.8. The summed E-state index contributed by atoms with van der Waals surface area (Å²) in [5.41, 5.74) is 2.24. The van der Waals surface area contributed by atoms with E-state index >= 15 is 0 Å². The second-order valence-electron chi connectivity index (χ2n) is 7.05. The van der Waals surface area contributed by atoms with Crippen molar-refractivity contribution in [3.63, 3.8) is 0 Å². The molecule has 1 fully saturated rings. The normalized spacial score (nSPS) is 19.8. The number of aryl methyl sites for hydroxylation is 1. The van der Waals surface area contributed by atoms with E-state index < -0.39 is 10.0 Å². The Morgan fingerprint density at radius 2 is 1.88 bits per heavy atom. The van der Waals surface area contributed by atoms with E-state index in [0.29, 0.717) is 17.5 Å². The van der Waals surface area contributed by atoms with Gasteiger partial charge in [-0.2, -0.15) is 4.31 Å². The fraction of sp³-hybridized carbons (Fsp3) is 0.429. The zero-order chi connectivity index (χ0) is 18.7. The topological polar surface area (TPSA) is 40.6 Å². The van der Waals surface area contributed by atoms with Crippen LogP contribution >= 0.6 is 0 Å². The molecular formula is C21H28N2O2S. The summed E-state index contributed by atoms with van der Waals surface area (Å²) in [5.74, 6) is 0. The molecule has 0 amide bonds. The molecule has 1 heterocycles. The highest BCUT2D eigenvalue weighted by molar-refractivity contribution is 7.89. The van der Waals surface area contributed by atoms with Gasteiger partial charge in [-0.25, -0.2) is 8.42 Å². The molecule has 0 radical (unpaired) electrons. The molecule has 0 bridgehead atoms. The van der Waals surface area contributed by atoms with Crippen molar-refractivity contribution in [2.24, 2.45) is 0 Å². The molecule has 1 saturated heterocycles. The number of nitrogens with zero attached hydrogens (tertiary/aromatic N) is 2. The average molecular weight is 373 g/mol. The van der Waals surface area contributed by atoms with Gasteiger partial charge < -0.3 is 0 Å². The predicted molar refractivity (Wildman–Crippen MR) is 106 cm³/mol. The molecule has 3 rings (SSSR count). The van der Waals surface area contributed by atoms with E-state index in [9.17, 15) is 8.42 Å².